The zero-order valence-electron chi connectivity index (χ0n) is 18.8. The van der Waals surface area contributed by atoms with Crippen LogP contribution in [-0.2, 0) is 16.6 Å². The van der Waals surface area contributed by atoms with Crippen molar-refractivity contribution < 1.29 is 17.2 Å². The lowest BCUT2D eigenvalue weighted by molar-refractivity contribution is 0.583. The van der Waals surface area contributed by atoms with E-state index < -0.39 is 21.7 Å². The van der Waals surface area contributed by atoms with Gasteiger partial charge in [0, 0.05) is 18.5 Å². The van der Waals surface area contributed by atoms with E-state index in [1.807, 2.05) is 39.8 Å². The minimum atomic E-state index is -3.96. The van der Waals surface area contributed by atoms with Gasteiger partial charge in [-0.3, -0.25) is 0 Å². The summed E-state index contributed by atoms with van der Waals surface area (Å²) >= 11 is 0. The van der Waals surface area contributed by atoms with Crippen LogP contribution in [-0.4, -0.2) is 21.4 Å². The molecule has 0 bridgehead atoms. The first-order valence-corrected chi connectivity index (χ1v) is 11.7. The van der Waals surface area contributed by atoms with Gasteiger partial charge in [0.25, 0.3) is 10.0 Å². The quantitative estimate of drug-likeness (QED) is 0.620. The Kier molecular flexibility index (Phi) is 6.83. The predicted molar refractivity (Wildman–Crippen MR) is 124 cm³/mol. The summed E-state index contributed by atoms with van der Waals surface area (Å²) in [7, 11) is -2.32. The summed E-state index contributed by atoms with van der Waals surface area (Å²) in [6, 6.07) is 8.36. The number of benzene rings is 2. The van der Waals surface area contributed by atoms with Crippen molar-refractivity contribution in [2.45, 2.75) is 45.1 Å². The topological polar surface area (TPSA) is 61.8 Å². The normalized spacial score (nSPS) is 17.5. The first-order valence-electron chi connectivity index (χ1n) is 10.2. The van der Waals surface area contributed by atoms with Gasteiger partial charge < -0.3 is 4.90 Å². The van der Waals surface area contributed by atoms with Crippen molar-refractivity contribution in [2.75, 3.05) is 11.9 Å². The molecule has 0 fully saturated rings. The van der Waals surface area contributed by atoms with E-state index in [4.69, 9.17) is 0 Å². The average Bonchev–Trinajstić information content (AvgIpc) is 2.72. The van der Waals surface area contributed by atoms with Gasteiger partial charge in [-0.15, -0.1) is 0 Å². The third kappa shape index (κ3) is 4.91. The number of rotatable bonds is 5. The Balaban J connectivity index is 2.10. The highest BCUT2D eigenvalue weighted by molar-refractivity contribution is 7.90. The number of hydrogen-bond donors (Lipinski definition) is 1. The van der Waals surface area contributed by atoms with Crippen molar-refractivity contribution in [3.63, 3.8) is 0 Å². The molecule has 1 N–H and O–H groups in total. The molecule has 0 aromatic heterocycles. The van der Waals surface area contributed by atoms with Crippen LogP contribution in [0.3, 0.4) is 0 Å². The Morgan fingerprint density at radius 3 is 2.53 bits per heavy atom. The van der Waals surface area contributed by atoms with Gasteiger partial charge in [0.2, 0.25) is 5.96 Å². The Bertz CT molecular complexity index is 1230. The second-order valence-electron chi connectivity index (χ2n) is 8.12. The van der Waals surface area contributed by atoms with Crippen LogP contribution in [0.25, 0.3) is 0 Å². The molecule has 5 nitrogen and oxygen atoms in total. The lowest BCUT2D eigenvalue weighted by atomic mass is 9.91. The first kappa shape index (κ1) is 23.7. The number of nitrogens with one attached hydrogen (secondary N) is 1. The molecule has 0 aliphatic carbocycles. The van der Waals surface area contributed by atoms with Crippen LogP contribution in [0.15, 0.2) is 69.6 Å². The van der Waals surface area contributed by atoms with Crippen molar-refractivity contribution in [3.05, 3.63) is 82.5 Å². The predicted octanol–water partition coefficient (Wildman–Crippen LogP) is 5.27. The molecule has 0 amide bonds. The van der Waals surface area contributed by atoms with Gasteiger partial charge in [-0.1, -0.05) is 42.4 Å². The molecule has 2 aromatic carbocycles. The molecule has 3 rings (SSSR count). The summed E-state index contributed by atoms with van der Waals surface area (Å²) in [5.41, 5.74) is 3.11. The van der Waals surface area contributed by atoms with Crippen molar-refractivity contribution in [1.82, 2.24) is 4.72 Å². The fraction of sp³-hybridized carbons (Fsp3) is 0.292. The van der Waals surface area contributed by atoms with Gasteiger partial charge in [-0.25, -0.2) is 26.9 Å². The summed E-state index contributed by atoms with van der Waals surface area (Å²) in [5.74, 6) is -1.22. The number of anilines is 1. The molecule has 1 unspecified atom stereocenters. The zero-order valence-corrected chi connectivity index (χ0v) is 19.6. The Morgan fingerprint density at radius 2 is 1.88 bits per heavy atom. The summed E-state index contributed by atoms with van der Waals surface area (Å²) < 4.78 is 56.9. The molecule has 170 valence electrons. The van der Waals surface area contributed by atoms with Crippen LogP contribution >= 0.6 is 0 Å². The molecular formula is C24H27F2N3O2S. The summed E-state index contributed by atoms with van der Waals surface area (Å²) in [6.07, 6.45) is 3.85. The highest BCUT2D eigenvalue weighted by Crippen LogP contribution is 2.40. The molecule has 0 saturated carbocycles. The summed E-state index contributed by atoms with van der Waals surface area (Å²) in [5, 5.41) is 0. The van der Waals surface area contributed by atoms with E-state index >= 15 is 4.39 Å². The van der Waals surface area contributed by atoms with Crippen LogP contribution in [0, 0.1) is 11.6 Å². The molecule has 0 saturated heterocycles. The fourth-order valence-electron chi connectivity index (χ4n) is 3.50. The van der Waals surface area contributed by atoms with Crippen molar-refractivity contribution >= 4 is 21.7 Å². The smallest absolute Gasteiger partial charge is 0.266 e. The molecular weight excluding hydrogens is 432 g/mol. The number of hydrogen-bond acceptors (Lipinski definition) is 3. The third-order valence-corrected chi connectivity index (χ3v) is 6.75. The number of sulfonamides is 1. The van der Waals surface area contributed by atoms with Gasteiger partial charge >= 0.3 is 0 Å². The first-order chi connectivity index (χ1) is 15.0. The second-order valence-corrected chi connectivity index (χ2v) is 9.77. The van der Waals surface area contributed by atoms with E-state index in [0.29, 0.717) is 5.56 Å². The summed E-state index contributed by atoms with van der Waals surface area (Å²) in [4.78, 5) is 5.87. The Morgan fingerprint density at radius 1 is 1.16 bits per heavy atom. The number of allylic oxidation sites excluding steroid dienone is 4. The molecule has 8 heteroatoms. The second kappa shape index (κ2) is 9.24. The van der Waals surface area contributed by atoms with Crippen molar-refractivity contribution in [3.8, 4) is 0 Å². The SMILES string of the molecule is CC(C)=C/C=C(\C)C(C)c1c(F)ccc2c1N(C)C(=NCc1cccc(F)c1)NS2(=O)=O. The minimum Gasteiger partial charge on any atom is -0.313 e. The van der Waals surface area contributed by atoms with Gasteiger partial charge in [0.05, 0.1) is 12.2 Å². The standard InChI is InChI=1S/C24H27F2N3O2S/c1-15(2)9-10-16(3)17(4)22-20(26)11-12-21-23(22)29(5)24(28-32(21,30)31)27-14-18-7-6-8-19(25)13-18/h6-13,17H,14H2,1-5H3,(H,27,28)/b16-10+. The number of fused-ring (bicyclic) bond motifs is 1. The molecule has 1 aliphatic heterocycles. The van der Waals surface area contributed by atoms with Crippen LogP contribution in [0.2, 0.25) is 0 Å². The highest BCUT2D eigenvalue weighted by Gasteiger charge is 2.35. The maximum Gasteiger partial charge on any atom is 0.266 e. The maximum atomic E-state index is 15.1. The van der Waals surface area contributed by atoms with Crippen LogP contribution in [0.4, 0.5) is 14.5 Å². The molecule has 1 aliphatic rings. The Hall–Kier alpha value is -3.00. The maximum absolute atomic E-state index is 15.1. The van der Waals surface area contributed by atoms with Crippen LogP contribution in [0.5, 0.6) is 0 Å². The average molecular weight is 460 g/mol. The van der Waals surface area contributed by atoms with E-state index in [1.54, 1.807) is 24.1 Å². The largest absolute Gasteiger partial charge is 0.313 e. The van der Waals surface area contributed by atoms with Gasteiger partial charge in [-0.2, -0.15) is 0 Å². The van der Waals surface area contributed by atoms with E-state index in [-0.39, 0.29) is 34.6 Å². The highest BCUT2D eigenvalue weighted by atomic mass is 32.2. The minimum absolute atomic E-state index is 0.0111. The summed E-state index contributed by atoms with van der Waals surface area (Å²) in [6.45, 7) is 7.72. The molecule has 2 aromatic rings. The number of halogens is 2. The van der Waals surface area contributed by atoms with E-state index in [2.05, 4.69) is 9.71 Å². The lowest BCUT2D eigenvalue weighted by Crippen LogP contribution is -2.47. The molecule has 0 spiro atoms. The number of guanidine groups is 1. The van der Waals surface area contributed by atoms with Crippen LogP contribution in [0.1, 0.15) is 44.7 Å². The van der Waals surface area contributed by atoms with Gasteiger partial charge in [0.1, 0.15) is 16.5 Å². The molecule has 1 heterocycles. The van der Waals surface area contributed by atoms with Crippen molar-refractivity contribution in [2.24, 2.45) is 4.99 Å². The zero-order chi connectivity index (χ0) is 23.6. The Labute approximate surface area is 188 Å². The van der Waals surface area contributed by atoms with Gasteiger partial charge in [0.15, 0.2) is 0 Å². The van der Waals surface area contributed by atoms with Gasteiger partial charge in [-0.05, 0) is 50.6 Å². The van der Waals surface area contributed by atoms with E-state index in [9.17, 15) is 12.8 Å². The van der Waals surface area contributed by atoms with E-state index in [0.717, 1.165) is 11.1 Å². The molecule has 1 atom stereocenters. The van der Waals surface area contributed by atoms with E-state index in [1.165, 1.54) is 24.3 Å². The lowest BCUT2D eigenvalue weighted by Gasteiger charge is -2.33. The van der Waals surface area contributed by atoms with Crippen LogP contribution < -0.4 is 9.62 Å². The molecule has 32 heavy (non-hydrogen) atoms. The molecule has 0 radical (unpaired) electrons. The fourth-order valence-corrected chi connectivity index (χ4v) is 4.80. The number of nitrogens with zero attached hydrogens (tertiary/aromatic N) is 2. The monoisotopic (exact) mass is 459 g/mol. The van der Waals surface area contributed by atoms with Crippen molar-refractivity contribution in [1.29, 1.82) is 0 Å². The number of aliphatic imine (C=N–C) groups is 1. The third-order valence-electron chi connectivity index (χ3n) is 5.39.